The molecule has 0 aromatic heterocycles. The number of halogens is 1. The smallest absolute Gasteiger partial charge is 0.197 e. The summed E-state index contributed by atoms with van der Waals surface area (Å²) in [5, 5.41) is 0. The number of alkyl halides is 1. The zero-order valence-corrected chi connectivity index (χ0v) is 13.8. The Morgan fingerprint density at radius 2 is 2.00 bits per heavy atom. The van der Waals surface area contributed by atoms with E-state index in [9.17, 15) is 0 Å². The first-order valence-electron chi connectivity index (χ1n) is 6.29. The summed E-state index contributed by atoms with van der Waals surface area (Å²) in [5.41, 5.74) is 1.53. The molecule has 0 aliphatic heterocycles. The summed E-state index contributed by atoms with van der Waals surface area (Å²) < 4.78 is 6.40. The Morgan fingerprint density at radius 3 is 2.50 bits per heavy atom. The monoisotopic (exact) mass is 304 g/mol. The Kier molecular flexibility index (Phi) is 5.27. The number of allylic oxidation sites excluding steroid dienone is 1. The Hall–Kier alpha value is 0.397. The molecule has 3 heteroatoms. The maximum Gasteiger partial charge on any atom is 0.197 e. The van der Waals surface area contributed by atoms with Gasteiger partial charge in [0.1, 0.15) is 0 Å². The minimum Gasteiger partial charge on any atom is -0.410 e. The number of hydrogen-bond donors (Lipinski definition) is 0. The van der Waals surface area contributed by atoms with Crippen LogP contribution < -0.4 is 0 Å². The summed E-state index contributed by atoms with van der Waals surface area (Å²) in [5.74, 6) is 1.49. The van der Waals surface area contributed by atoms with Crippen molar-refractivity contribution in [1.29, 1.82) is 0 Å². The van der Waals surface area contributed by atoms with Crippen LogP contribution in [-0.4, -0.2) is 19.4 Å². The molecule has 0 amide bonds. The van der Waals surface area contributed by atoms with Gasteiger partial charge in [-0.25, -0.2) is 0 Å². The van der Waals surface area contributed by atoms with Crippen LogP contribution in [0.5, 0.6) is 0 Å². The van der Waals surface area contributed by atoms with Gasteiger partial charge in [-0.05, 0) is 50.3 Å². The minimum atomic E-state index is -1.51. The number of hydrogen-bond acceptors (Lipinski definition) is 1. The van der Waals surface area contributed by atoms with E-state index in [0.29, 0.717) is 12.0 Å². The highest BCUT2D eigenvalue weighted by molar-refractivity contribution is 9.09. The lowest BCUT2D eigenvalue weighted by Gasteiger charge is -2.38. The molecule has 1 saturated carbocycles. The van der Waals surface area contributed by atoms with E-state index < -0.39 is 8.32 Å². The summed E-state index contributed by atoms with van der Waals surface area (Å²) in [4.78, 5) is 1.02. The molecule has 0 aromatic rings. The van der Waals surface area contributed by atoms with E-state index in [-0.39, 0.29) is 0 Å². The summed E-state index contributed by atoms with van der Waals surface area (Å²) >= 11 is 3.59. The van der Waals surface area contributed by atoms with Crippen molar-refractivity contribution in [1.82, 2.24) is 0 Å². The quantitative estimate of drug-likeness (QED) is 0.423. The molecule has 0 aromatic carbocycles. The molecule has 1 aliphatic rings. The van der Waals surface area contributed by atoms with Gasteiger partial charge < -0.3 is 4.43 Å². The van der Waals surface area contributed by atoms with Gasteiger partial charge in [-0.3, -0.25) is 0 Å². The van der Waals surface area contributed by atoms with Gasteiger partial charge in [0.2, 0.25) is 0 Å². The second kappa shape index (κ2) is 5.83. The molecule has 1 nitrogen and oxygen atoms in total. The van der Waals surface area contributed by atoms with Crippen molar-refractivity contribution in [2.45, 2.75) is 52.8 Å². The Balaban J connectivity index is 2.76. The van der Waals surface area contributed by atoms with Gasteiger partial charge in [0.05, 0.1) is 6.10 Å². The first kappa shape index (κ1) is 14.5. The molecular weight excluding hydrogens is 280 g/mol. The summed E-state index contributed by atoms with van der Waals surface area (Å²) in [6, 6.07) is 0. The highest BCUT2D eigenvalue weighted by Crippen LogP contribution is 2.36. The zero-order valence-electron chi connectivity index (χ0n) is 11.2. The van der Waals surface area contributed by atoms with Crippen molar-refractivity contribution >= 4 is 24.2 Å². The fourth-order valence-corrected chi connectivity index (χ4v) is 4.12. The summed E-state index contributed by atoms with van der Waals surface area (Å²) in [6.07, 6.45) is 5.17. The molecule has 1 fully saturated rings. The third kappa shape index (κ3) is 3.71. The maximum atomic E-state index is 6.40. The first-order chi connectivity index (χ1) is 7.39. The average Bonchev–Trinajstić information content (AvgIpc) is 2.16. The van der Waals surface area contributed by atoms with Gasteiger partial charge in [0, 0.05) is 4.95 Å². The minimum absolute atomic E-state index is 0.378. The van der Waals surface area contributed by atoms with Crippen LogP contribution >= 0.6 is 15.9 Å². The van der Waals surface area contributed by atoms with Gasteiger partial charge in [-0.15, -0.1) is 0 Å². The normalized spacial score (nSPS) is 34.4. The molecule has 0 radical (unpaired) electrons. The van der Waals surface area contributed by atoms with Crippen LogP contribution in [0.1, 0.15) is 33.6 Å². The molecule has 1 rings (SSSR count). The highest BCUT2D eigenvalue weighted by Gasteiger charge is 2.33. The fourth-order valence-electron chi connectivity index (χ4n) is 2.66. The Morgan fingerprint density at radius 1 is 1.38 bits per heavy atom. The molecule has 16 heavy (non-hydrogen) atoms. The lowest BCUT2D eigenvalue weighted by Crippen LogP contribution is -2.41. The highest BCUT2D eigenvalue weighted by atomic mass is 79.9. The standard InChI is InChI=1S/C13H25BrOSi/c1-6-12-11(3)7-10(2)8-13(12)15-16(4,5)9-14/h6,10-11,13H,7-9H2,1-5H3/b12-6+/t10-,11-,13-/m1/s1. The van der Waals surface area contributed by atoms with Crippen LogP contribution in [0, 0.1) is 11.8 Å². The van der Waals surface area contributed by atoms with E-state index in [2.05, 4.69) is 55.9 Å². The Bertz CT molecular complexity index is 263. The molecule has 1 aliphatic carbocycles. The molecule has 0 spiro atoms. The van der Waals surface area contributed by atoms with Gasteiger partial charge in [-0.2, -0.15) is 0 Å². The van der Waals surface area contributed by atoms with Crippen LogP contribution in [0.2, 0.25) is 13.1 Å². The lowest BCUT2D eigenvalue weighted by atomic mass is 9.78. The molecule has 0 unspecified atom stereocenters. The average molecular weight is 305 g/mol. The molecule has 0 N–H and O–H groups in total. The predicted octanol–water partition coefficient (Wildman–Crippen LogP) is 4.52. The topological polar surface area (TPSA) is 9.23 Å². The number of rotatable bonds is 3. The molecule has 0 saturated heterocycles. The third-order valence-electron chi connectivity index (χ3n) is 3.43. The van der Waals surface area contributed by atoms with Crippen molar-refractivity contribution in [3.05, 3.63) is 11.6 Å². The summed E-state index contributed by atoms with van der Waals surface area (Å²) in [6.45, 7) is 11.4. The SMILES string of the molecule is C/C=C1\[C@H](C)C[C@@H](C)C[C@H]1O[Si](C)(C)CBr. The van der Waals surface area contributed by atoms with Gasteiger partial charge in [0.15, 0.2) is 8.32 Å². The van der Waals surface area contributed by atoms with E-state index in [1.165, 1.54) is 18.4 Å². The van der Waals surface area contributed by atoms with Gasteiger partial charge >= 0.3 is 0 Å². The molecule has 0 bridgehead atoms. The second-order valence-electron chi connectivity index (χ2n) is 5.77. The third-order valence-corrected chi connectivity index (χ3v) is 9.05. The van der Waals surface area contributed by atoms with E-state index in [0.717, 1.165) is 10.9 Å². The maximum absolute atomic E-state index is 6.40. The lowest BCUT2D eigenvalue weighted by molar-refractivity contribution is 0.150. The molecule has 0 heterocycles. The first-order valence-corrected chi connectivity index (χ1v) is 10.5. The van der Waals surface area contributed by atoms with Crippen molar-refractivity contribution < 1.29 is 4.43 Å². The van der Waals surface area contributed by atoms with Crippen molar-refractivity contribution in [2.24, 2.45) is 11.8 Å². The van der Waals surface area contributed by atoms with Crippen molar-refractivity contribution in [3.63, 3.8) is 0 Å². The van der Waals surface area contributed by atoms with Crippen molar-refractivity contribution in [2.75, 3.05) is 4.95 Å². The van der Waals surface area contributed by atoms with Crippen molar-refractivity contribution in [3.8, 4) is 0 Å². The van der Waals surface area contributed by atoms with E-state index in [4.69, 9.17) is 4.43 Å². The van der Waals surface area contributed by atoms with Crippen LogP contribution in [0.4, 0.5) is 0 Å². The van der Waals surface area contributed by atoms with Crippen LogP contribution in [0.3, 0.4) is 0 Å². The zero-order chi connectivity index (χ0) is 12.3. The largest absolute Gasteiger partial charge is 0.410 e. The molecule has 3 atom stereocenters. The van der Waals surface area contributed by atoms with E-state index in [1.54, 1.807) is 0 Å². The summed E-state index contributed by atoms with van der Waals surface area (Å²) in [7, 11) is -1.51. The Labute approximate surface area is 110 Å². The van der Waals surface area contributed by atoms with Crippen LogP contribution in [0.25, 0.3) is 0 Å². The van der Waals surface area contributed by atoms with E-state index in [1.807, 2.05) is 0 Å². The molecule has 94 valence electrons. The molecular formula is C13H25BrOSi. The van der Waals surface area contributed by atoms with Crippen LogP contribution in [0.15, 0.2) is 11.6 Å². The van der Waals surface area contributed by atoms with Gasteiger partial charge in [0.25, 0.3) is 0 Å². The van der Waals surface area contributed by atoms with E-state index >= 15 is 0 Å². The van der Waals surface area contributed by atoms with Crippen LogP contribution in [-0.2, 0) is 4.43 Å². The fraction of sp³-hybridized carbons (Fsp3) is 0.846. The second-order valence-corrected chi connectivity index (χ2v) is 11.5. The van der Waals surface area contributed by atoms with Gasteiger partial charge in [-0.1, -0.05) is 35.9 Å². The predicted molar refractivity (Wildman–Crippen MR) is 77.5 cm³/mol.